The molecule has 1 aliphatic rings. The fraction of sp³-hybridized carbons (Fsp3) is 0.300. The minimum Gasteiger partial charge on any atom is -0.481 e. The molecule has 140 valence electrons. The SMILES string of the molecule is Nc1ccc2nc(-c3ccc(Br)cc3)c(CN3CCCC(C(=O)O)C3)n2c1. The van der Waals surface area contributed by atoms with Gasteiger partial charge in [-0.2, -0.15) is 0 Å². The summed E-state index contributed by atoms with van der Waals surface area (Å²) in [6, 6.07) is 11.8. The summed E-state index contributed by atoms with van der Waals surface area (Å²) in [6.07, 6.45) is 3.52. The Labute approximate surface area is 165 Å². The van der Waals surface area contributed by atoms with Crippen molar-refractivity contribution in [2.24, 2.45) is 5.92 Å². The summed E-state index contributed by atoms with van der Waals surface area (Å²) < 4.78 is 3.04. The lowest BCUT2D eigenvalue weighted by atomic mass is 9.98. The third-order valence-electron chi connectivity index (χ3n) is 5.09. The van der Waals surface area contributed by atoms with Gasteiger partial charge in [-0.3, -0.25) is 9.69 Å². The number of piperidine rings is 1. The first-order valence-electron chi connectivity index (χ1n) is 8.99. The van der Waals surface area contributed by atoms with Gasteiger partial charge in [0.1, 0.15) is 5.65 Å². The van der Waals surface area contributed by atoms with E-state index in [4.69, 9.17) is 10.7 Å². The largest absolute Gasteiger partial charge is 0.481 e. The highest BCUT2D eigenvalue weighted by atomic mass is 79.9. The molecule has 0 bridgehead atoms. The maximum atomic E-state index is 11.4. The van der Waals surface area contributed by atoms with E-state index in [0.717, 1.165) is 46.5 Å². The normalized spacial score (nSPS) is 18.0. The number of rotatable bonds is 4. The molecule has 0 amide bonds. The van der Waals surface area contributed by atoms with Crippen LogP contribution in [0.15, 0.2) is 47.1 Å². The van der Waals surface area contributed by atoms with E-state index in [2.05, 4.69) is 20.8 Å². The van der Waals surface area contributed by atoms with Crippen molar-refractivity contribution < 1.29 is 9.90 Å². The molecule has 3 heterocycles. The minimum absolute atomic E-state index is 0.306. The number of aromatic nitrogens is 2. The van der Waals surface area contributed by atoms with Gasteiger partial charge >= 0.3 is 5.97 Å². The van der Waals surface area contributed by atoms with E-state index >= 15 is 0 Å². The lowest BCUT2D eigenvalue weighted by molar-refractivity contribution is -0.143. The number of carbonyl (C=O) groups is 1. The molecule has 3 aromatic rings. The van der Waals surface area contributed by atoms with Crippen LogP contribution in [-0.4, -0.2) is 38.4 Å². The van der Waals surface area contributed by atoms with Crippen LogP contribution in [-0.2, 0) is 11.3 Å². The summed E-state index contributed by atoms with van der Waals surface area (Å²) in [7, 11) is 0. The average molecular weight is 429 g/mol. The molecule has 7 heteroatoms. The van der Waals surface area contributed by atoms with Gasteiger partial charge in [0.25, 0.3) is 0 Å². The Morgan fingerprint density at radius 1 is 1.26 bits per heavy atom. The number of nitrogen functional groups attached to an aromatic ring is 1. The van der Waals surface area contributed by atoms with Crippen molar-refractivity contribution >= 4 is 33.2 Å². The lowest BCUT2D eigenvalue weighted by Crippen LogP contribution is -2.38. The van der Waals surface area contributed by atoms with Crippen molar-refractivity contribution in [2.45, 2.75) is 19.4 Å². The number of pyridine rings is 1. The number of benzene rings is 1. The molecule has 3 N–H and O–H groups in total. The van der Waals surface area contributed by atoms with Crippen molar-refractivity contribution in [3.05, 3.63) is 52.8 Å². The number of fused-ring (bicyclic) bond motifs is 1. The van der Waals surface area contributed by atoms with Gasteiger partial charge in [-0.1, -0.05) is 28.1 Å². The number of halogens is 1. The van der Waals surface area contributed by atoms with Gasteiger partial charge in [0, 0.05) is 35.0 Å². The summed E-state index contributed by atoms with van der Waals surface area (Å²) in [5.41, 5.74) is 10.5. The molecule has 0 saturated carbocycles. The van der Waals surface area contributed by atoms with E-state index in [1.807, 2.05) is 47.0 Å². The predicted molar refractivity (Wildman–Crippen MR) is 108 cm³/mol. The first-order valence-corrected chi connectivity index (χ1v) is 9.78. The summed E-state index contributed by atoms with van der Waals surface area (Å²) in [6.45, 7) is 2.09. The van der Waals surface area contributed by atoms with Crippen molar-refractivity contribution in [1.29, 1.82) is 0 Å². The predicted octanol–water partition coefficient (Wildman–Crippen LogP) is 3.64. The highest BCUT2D eigenvalue weighted by Gasteiger charge is 2.27. The van der Waals surface area contributed by atoms with Gasteiger partial charge in [-0.25, -0.2) is 4.98 Å². The zero-order chi connectivity index (χ0) is 19.0. The zero-order valence-electron chi connectivity index (χ0n) is 14.8. The highest BCUT2D eigenvalue weighted by molar-refractivity contribution is 9.10. The third kappa shape index (κ3) is 3.70. The quantitative estimate of drug-likeness (QED) is 0.662. The first-order chi connectivity index (χ1) is 13.0. The summed E-state index contributed by atoms with van der Waals surface area (Å²) >= 11 is 3.47. The molecule has 27 heavy (non-hydrogen) atoms. The molecular formula is C20H21BrN4O2. The maximum absolute atomic E-state index is 11.4. The Bertz CT molecular complexity index is 984. The Hall–Kier alpha value is -2.38. The van der Waals surface area contributed by atoms with Crippen molar-refractivity contribution in [2.75, 3.05) is 18.8 Å². The Morgan fingerprint density at radius 2 is 2.04 bits per heavy atom. The Kier molecular flexibility index (Phi) is 4.88. The number of carboxylic acids is 1. The number of hydrogen-bond acceptors (Lipinski definition) is 4. The van der Waals surface area contributed by atoms with E-state index in [1.54, 1.807) is 0 Å². The maximum Gasteiger partial charge on any atom is 0.307 e. The number of anilines is 1. The number of aliphatic carboxylic acids is 1. The van der Waals surface area contributed by atoms with E-state index in [0.29, 0.717) is 18.8 Å². The molecule has 1 atom stereocenters. The molecule has 1 aliphatic heterocycles. The van der Waals surface area contributed by atoms with E-state index in [9.17, 15) is 9.90 Å². The standard InChI is InChI=1S/C20H21BrN4O2/c21-15-5-3-13(4-6-15)19-17(25-11-16(22)7-8-18(25)23-19)12-24-9-1-2-14(10-24)20(26)27/h3-8,11,14H,1-2,9-10,12,22H2,(H,26,27). The van der Waals surface area contributed by atoms with Gasteiger partial charge < -0.3 is 15.2 Å². The molecular weight excluding hydrogens is 408 g/mol. The van der Waals surface area contributed by atoms with Gasteiger partial charge in [-0.05, 0) is 43.7 Å². The van der Waals surface area contributed by atoms with Crippen molar-refractivity contribution in [3.63, 3.8) is 0 Å². The van der Waals surface area contributed by atoms with Crippen LogP contribution >= 0.6 is 15.9 Å². The third-order valence-corrected chi connectivity index (χ3v) is 5.61. The molecule has 6 nitrogen and oxygen atoms in total. The minimum atomic E-state index is -0.713. The van der Waals surface area contributed by atoms with Crippen LogP contribution in [0.1, 0.15) is 18.5 Å². The molecule has 1 aromatic carbocycles. The van der Waals surface area contributed by atoms with Crippen LogP contribution in [0.3, 0.4) is 0 Å². The Balaban J connectivity index is 1.75. The fourth-order valence-corrected chi connectivity index (χ4v) is 3.98. The van der Waals surface area contributed by atoms with Crippen LogP contribution in [0.5, 0.6) is 0 Å². The summed E-state index contributed by atoms with van der Waals surface area (Å²) in [4.78, 5) is 18.4. The van der Waals surface area contributed by atoms with E-state index in [-0.39, 0.29) is 5.92 Å². The number of imidazole rings is 1. The number of nitrogens with zero attached hydrogens (tertiary/aromatic N) is 3. The van der Waals surface area contributed by atoms with Gasteiger partial charge in [0.15, 0.2) is 0 Å². The highest BCUT2D eigenvalue weighted by Crippen LogP contribution is 2.29. The average Bonchev–Trinajstić information content (AvgIpc) is 3.00. The van der Waals surface area contributed by atoms with Gasteiger partial charge in [0.2, 0.25) is 0 Å². The smallest absolute Gasteiger partial charge is 0.307 e. The number of carboxylic acid groups (broad SMARTS) is 1. The number of hydrogen-bond donors (Lipinski definition) is 2. The first kappa shape index (κ1) is 18.0. The van der Waals surface area contributed by atoms with E-state index < -0.39 is 5.97 Å². The lowest BCUT2D eigenvalue weighted by Gasteiger charge is -2.30. The van der Waals surface area contributed by atoms with Crippen LogP contribution < -0.4 is 5.73 Å². The molecule has 1 fully saturated rings. The molecule has 0 aliphatic carbocycles. The number of nitrogens with two attached hydrogens (primary N) is 1. The molecule has 1 unspecified atom stereocenters. The van der Waals surface area contributed by atoms with Crippen LogP contribution in [0, 0.1) is 5.92 Å². The molecule has 1 saturated heterocycles. The van der Waals surface area contributed by atoms with Crippen LogP contribution in [0.2, 0.25) is 0 Å². The topological polar surface area (TPSA) is 83.9 Å². The second kappa shape index (κ2) is 7.32. The second-order valence-corrected chi connectivity index (χ2v) is 7.93. The molecule has 4 rings (SSSR count). The summed E-state index contributed by atoms with van der Waals surface area (Å²) in [5.74, 6) is -1.02. The fourth-order valence-electron chi connectivity index (χ4n) is 3.71. The monoisotopic (exact) mass is 428 g/mol. The van der Waals surface area contributed by atoms with Gasteiger partial charge in [-0.15, -0.1) is 0 Å². The van der Waals surface area contributed by atoms with Gasteiger partial charge in [0.05, 0.1) is 17.3 Å². The summed E-state index contributed by atoms with van der Waals surface area (Å²) in [5, 5.41) is 9.38. The molecule has 2 aromatic heterocycles. The second-order valence-electron chi connectivity index (χ2n) is 7.02. The Morgan fingerprint density at radius 3 is 2.78 bits per heavy atom. The molecule has 0 radical (unpaired) electrons. The number of likely N-dealkylation sites (tertiary alicyclic amines) is 1. The molecule has 0 spiro atoms. The van der Waals surface area contributed by atoms with Crippen LogP contribution in [0.25, 0.3) is 16.9 Å². The zero-order valence-corrected chi connectivity index (χ0v) is 16.4. The van der Waals surface area contributed by atoms with Crippen LogP contribution in [0.4, 0.5) is 5.69 Å². The van der Waals surface area contributed by atoms with Crippen molar-refractivity contribution in [3.8, 4) is 11.3 Å². The van der Waals surface area contributed by atoms with E-state index in [1.165, 1.54) is 0 Å². The van der Waals surface area contributed by atoms with Crippen molar-refractivity contribution in [1.82, 2.24) is 14.3 Å².